The van der Waals surface area contributed by atoms with Gasteiger partial charge in [0, 0.05) is 0 Å². The number of hydrogen-bond donors (Lipinski definition) is 1. The number of ether oxygens (including phenoxy) is 1. The zero-order chi connectivity index (χ0) is 25.8. The van der Waals surface area contributed by atoms with Gasteiger partial charge in [0.15, 0.2) is 0 Å². The van der Waals surface area contributed by atoms with Crippen LogP contribution in [0.5, 0.6) is 11.5 Å². The molecular formula is C22H25F5NO5P. The van der Waals surface area contributed by atoms with Crippen LogP contribution in [0.25, 0.3) is 0 Å². The van der Waals surface area contributed by atoms with Gasteiger partial charge in [0.1, 0.15) is 12.3 Å². The first kappa shape index (κ1) is 27.6. The van der Waals surface area contributed by atoms with Gasteiger partial charge in [-0.25, -0.2) is 17.7 Å². The van der Waals surface area contributed by atoms with Gasteiger partial charge in [-0.05, 0) is 29.0 Å². The molecule has 0 spiro atoms. The Morgan fingerprint density at radius 2 is 1.41 bits per heavy atom. The van der Waals surface area contributed by atoms with Gasteiger partial charge in [-0.3, -0.25) is 4.79 Å². The Kier molecular flexibility index (Phi) is 8.71. The predicted octanol–water partition coefficient (Wildman–Crippen LogP) is 6.03. The zero-order valence-electron chi connectivity index (χ0n) is 19.2. The van der Waals surface area contributed by atoms with Crippen LogP contribution in [0.3, 0.4) is 0 Å². The Morgan fingerprint density at radius 1 is 0.912 bits per heavy atom. The highest BCUT2D eigenvalue weighted by atomic mass is 31.2. The molecule has 0 amide bonds. The molecule has 1 N–H and O–H groups in total. The van der Waals surface area contributed by atoms with Gasteiger partial charge >= 0.3 is 13.7 Å². The van der Waals surface area contributed by atoms with Crippen LogP contribution in [0.4, 0.5) is 22.0 Å². The minimum atomic E-state index is -4.92. The van der Waals surface area contributed by atoms with E-state index in [9.17, 15) is 31.3 Å². The average Bonchev–Trinajstić information content (AvgIpc) is 2.76. The Morgan fingerprint density at radius 3 is 1.88 bits per heavy atom. The van der Waals surface area contributed by atoms with Crippen LogP contribution in [-0.2, 0) is 19.5 Å². The van der Waals surface area contributed by atoms with E-state index in [2.05, 4.69) is 4.52 Å². The second-order valence-electron chi connectivity index (χ2n) is 8.77. The van der Waals surface area contributed by atoms with E-state index in [-0.39, 0.29) is 23.7 Å². The maximum absolute atomic E-state index is 14.1. The van der Waals surface area contributed by atoms with Crippen LogP contribution in [0.1, 0.15) is 40.2 Å². The van der Waals surface area contributed by atoms with E-state index in [1.807, 2.05) is 25.9 Å². The van der Waals surface area contributed by atoms with E-state index in [4.69, 9.17) is 9.26 Å². The van der Waals surface area contributed by atoms with Crippen molar-refractivity contribution in [2.75, 3.05) is 13.2 Å². The van der Waals surface area contributed by atoms with Crippen LogP contribution in [0, 0.1) is 35.0 Å². The SMILES string of the molecule is CC(C)COC(=O)CNP(=O)(Oc1ccc(C(C)(C)C)cc1)Oc1c(F)c(F)c(F)c(F)c1F. The van der Waals surface area contributed by atoms with E-state index in [0.717, 1.165) is 5.56 Å². The van der Waals surface area contributed by atoms with Crippen molar-refractivity contribution in [2.45, 2.75) is 40.0 Å². The molecular weight excluding hydrogens is 484 g/mol. The summed E-state index contributed by atoms with van der Waals surface area (Å²) in [6, 6.07) is 5.98. The van der Waals surface area contributed by atoms with Gasteiger partial charge < -0.3 is 13.8 Å². The van der Waals surface area contributed by atoms with Gasteiger partial charge in [-0.1, -0.05) is 46.8 Å². The van der Waals surface area contributed by atoms with E-state index >= 15 is 0 Å². The number of benzene rings is 2. The van der Waals surface area contributed by atoms with Gasteiger partial charge in [-0.2, -0.15) is 13.9 Å². The number of rotatable bonds is 9. The molecule has 0 bridgehead atoms. The Labute approximate surface area is 194 Å². The number of esters is 1. The molecule has 0 aliphatic rings. The summed E-state index contributed by atoms with van der Waals surface area (Å²) in [4.78, 5) is 11.9. The number of nitrogens with one attached hydrogen (secondary N) is 1. The van der Waals surface area contributed by atoms with Crippen LogP contribution in [0.2, 0.25) is 0 Å². The third-order valence-electron chi connectivity index (χ3n) is 4.32. The summed E-state index contributed by atoms with van der Waals surface area (Å²) in [5, 5.41) is 2.03. The van der Waals surface area contributed by atoms with Gasteiger partial charge in [0.05, 0.1) is 6.61 Å². The van der Waals surface area contributed by atoms with Crippen molar-refractivity contribution < 1.29 is 45.1 Å². The van der Waals surface area contributed by atoms with Crippen molar-refractivity contribution in [1.82, 2.24) is 5.09 Å². The molecule has 0 fully saturated rings. The maximum atomic E-state index is 14.1. The fourth-order valence-electron chi connectivity index (χ4n) is 2.49. The van der Waals surface area contributed by atoms with E-state index in [1.165, 1.54) is 12.1 Å². The summed E-state index contributed by atoms with van der Waals surface area (Å²) in [6.07, 6.45) is 0. The minimum absolute atomic E-state index is 0.0158. The predicted molar refractivity (Wildman–Crippen MR) is 114 cm³/mol. The Bertz CT molecular complexity index is 1060. The molecule has 2 aromatic rings. The van der Waals surface area contributed by atoms with Crippen LogP contribution in [-0.4, -0.2) is 19.1 Å². The summed E-state index contributed by atoms with van der Waals surface area (Å²) >= 11 is 0. The summed E-state index contributed by atoms with van der Waals surface area (Å²) in [5.41, 5.74) is 0.618. The lowest BCUT2D eigenvalue weighted by Crippen LogP contribution is -2.28. The molecule has 0 aliphatic heterocycles. The summed E-state index contributed by atoms with van der Waals surface area (Å²) < 4.78 is 96.8. The van der Waals surface area contributed by atoms with Crippen LogP contribution < -0.4 is 14.1 Å². The highest BCUT2D eigenvalue weighted by molar-refractivity contribution is 7.52. The lowest BCUT2D eigenvalue weighted by atomic mass is 9.87. The first-order valence-corrected chi connectivity index (χ1v) is 11.7. The molecule has 1 unspecified atom stereocenters. The Balaban J connectivity index is 2.38. The van der Waals surface area contributed by atoms with Crippen molar-refractivity contribution in [3.05, 3.63) is 58.9 Å². The van der Waals surface area contributed by atoms with Crippen LogP contribution >= 0.6 is 7.75 Å². The molecule has 0 aliphatic carbocycles. The fraction of sp³-hybridized carbons (Fsp3) is 0.409. The molecule has 188 valence electrons. The molecule has 2 rings (SSSR count). The highest BCUT2D eigenvalue weighted by Crippen LogP contribution is 2.47. The lowest BCUT2D eigenvalue weighted by molar-refractivity contribution is -0.143. The highest BCUT2D eigenvalue weighted by Gasteiger charge is 2.36. The average molecular weight is 509 g/mol. The minimum Gasteiger partial charge on any atom is -0.464 e. The van der Waals surface area contributed by atoms with Gasteiger partial charge in [-0.15, -0.1) is 0 Å². The number of carbonyl (C=O) groups excluding carboxylic acids is 1. The molecule has 34 heavy (non-hydrogen) atoms. The molecule has 0 radical (unpaired) electrons. The number of hydrogen-bond acceptors (Lipinski definition) is 5. The van der Waals surface area contributed by atoms with E-state index in [0.29, 0.717) is 0 Å². The quantitative estimate of drug-likeness (QED) is 0.146. The first-order chi connectivity index (χ1) is 15.6. The first-order valence-electron chi connectivity index (χ1n) is 10.2. The van der Waals surface area contributed by atoms with Crippen LogP contribution in [0.15, 0.2) is 24.3 Å². The van der Waals surface area contributed by atoms with Crippen molar-refractivity contribution >= 4 is 13.7 Å². The molecule has 0 saturated heterocycles. The third-order valence-corrected chi connectivity index (χ3v) is 5.74. The summed E-state index contributed by atoms with van der Waals surface area (Å²) in [7, 11) is -4.92. The molecule has 12 heteroatoms. The number of carbonyl (C=O) groups is 1. The Hall–Kier alpha value is -2.65. The smallest absolute Gasteiger partial charge is 0.464 e. The van der Waals surface area contributed by atoms with Crippen molar-refractivity contribution in [3.63, 3.8) is 0 Å². The third kappa shape index (κ3) is 6.93. The maximum Gasteiger partial charge on any atom is 0.513 e. The molecule has 0 aromatic heterocycles. The van der Waals surface area contributed by atoms with Crippen molar-refractivity contribution in [1.29, 1.82) is 0 Å². The molecule has 0 saturated carbocycles. The summed E-state index contributed by atoms with van der Waals surface area (Å²) in [6.45, 7) is 8.56. The van der Waals surface area contributed by atoms with Gasteiger partial charge in [0.2, 0.25) is 34.8 Å². The molecule has 2 aromatic carbocycles. The largest absolute Gasteiger partial charge is 0.513 e. The normalized spacial score (nSPS) is 13.5. The monoisotopic (exact) mass is 509 g/mol. The van der Waals surface area contributed by atoms with Crippen molar-refractivity contribution in [2.24, 2.45) is 5.92 Å². The van der Waals surface area contributed by atoms with E-state index < -0.39 is 55.1 Å². The summed E-state index contributed by atoms with van der Waals surface area (Å²) in [5.74, 6) is -14.6. The van der Waals surface area contributed by atoms with Crippen molar-refractivity contribution in [3.8, 4) is 11.5 Å². The lowest BCUT2D eigenvalue weighted by Gasteiger charge is -2.22. The molecule has 0 heterocycles. The molecule has 6 nitrogen and oxygen atoms in total. The molecule has 1 atom stereocenters. The number of halogens is 5. The zero-order valence-corrected chi connectivity index (χ0v) is 20.1. The fourth-order valence-corrected chi connectivity index (χ4v) is 3.78. The standard InChI is InChI=1S/C22H25F5NO5P/c1-12(2)11-31-15(29)10-28-34(30,32-14-8-6-13(7-9-14)22(3,4)5)33-21-19(26)17(24)16(23)18(25)20(21)27/h6-9,12H,10-11H2,1-5H3,(H,28,30). The topological polar surface area (TPSA) is 73.9 Å². The second-order valence-corrected chi connectivity index (χ2v) is 10.4. The second kappa shape index (κ2) is 10.7. The van der Waals surface area contributed by atoms with E-state index in [1.54, 1.807) is 26.0 Å². The van der Waals surface area contributed by atoms with Gasteiger partial charge in [0.25, 0.3) is 0 Å².